The van der Waals surface area contributed by atoms with Crippen molar-refractivity contribution in [1.29, 1.82) is 0 Å². The predicted molar refractivity (Wildman–Crippen MR) is 431 cm³/mol. The lowest BCUT2D eigenvalue weighted by molar-refractivity contribution is -0.267. The Bertz CT molecular complexity index is 4330. The predicted octanol–water partition coefficient (Wildman–Crippen LogP) is 15.9. The molecule has 0 aromatic heterocycles. The number of benzene rings is 9. The molecule has 4 fully saturated rings. The Morgan fingerprint density at radius 1 is 0.269 bits per heavy atom. The van der Waals surface area contributed by atoms with Crippen LogP contribution in [0.3, 0.4) is 0 Å². The fourth-order valence-corrected chi connectivity index (χ4v) is 15.6. The van der Waals surface area contributed by atoms with Crippen LogP contribution in [0.4, 0.5) is 35.1 Å². The van der Waals surface area contributed by atoms with Gasteiger partial charge in [0.1, 0.15) is 72.0 Å². The normalized spacial score (nSPS) is 28.3. The van der Waals surface area contributed by atoms with Gasteiger partial charge in [0, 0.05) is 11.8 Å². The summed E-state index contributed by atoms with van der Waals surface area (Å²) in [5.74, 6) is -18.6. The summed E-state index contributed by atoms with van der Waals surface area (Å²) in [7, 11) is 0. The van der Waals surface area contributed by atoms with Crippen molar-refractivity contribution in [3.63, 3.8) is 0 Å². The van der Waals surface area contributed by atoms with Gasteiger partial charge in [0.25, 0.3) is 23.7 Å². The second kappa shape index (κ2) is 42.4. The average molecular weight is 1660 g/mol. The van der Waals surface area contributed by atoms with E-state index in [-0.39, 0.29) is 31.1 Å². The van der Waals surface area contributed by atoms with Gasteiger partial charge in [-0.05, 0) is 134 Å². The van der Waals surface area contributed by atoms with Crippen molar-refractivity contribution in [2.75, 3.05) is 13.2 Å². The van der Waals surface area contributed by atoms with Crippen LogP contribution in [0.1, 0.15) is 85.0 Å². The van der Waals surface area contributed by atoms with Crippen LogP contribution >= 0.6 is 0 Å². The lowest BCUT2D eigenvalue weighted by Gasteiger charge is -2.49. The van der Waals surface area contributed by atoms with E-state index in [2.05, 4.69) is 0 Å². The van der Waals surface area contributed by atoms with Crippen LogP contribution in [0.15, 0.2) is 249 Å². The zero-order valence-corrected chi connectivity index (χ0v) is 67.4. The lowest BCUT2D eigenvalue weighted by Crippen LogP contribution is -2.67. The molecule has 0 saturated heterocycles. The SMILES string of the molecule is CC[C@@H]1[C@@H](C)[C@H](OCc2ccccc2)[C@@H](OCc2ccccc2)[C@@H](Oc2ccc(OCc3ccccc3)cc2)C1(F)F.CC[C@@H]1[C@@H](C)[C@H](OCc2ccccc2)[C@@H](OCc2ccccc2)[C@H](Oc2ccc(C)cc2)C1(F)F.Cc1ccc(O[C@@H]2[C@H](O)[C@@H](O)[C@H](O)[C@@H](CO)C2(F)F)cc1.Cc1ccc(O[C@H]2[C@H](O)[C@@H](O)[C@H](O)[C@@H](CO)C2(F)F)cc1. The second-order valence-electron chi connectivity index (χ2n) is 30.9. The molecule has 9 aromatic rings. The Hall–Kier alpha value is -9.06. The summed E-state index contributed by atoms with van der Waals surface area (Å²) in [5.41, 5.74) is 7.66. The molecule has 4 saturated carbocycles. The van der Waals surface area contributed by atoms with Gasteiger partial charge in [-0.25, -0.2) is 35.1 Å². The third kappa shape index (κ3) is 23.2. The summed E-state index contributed by atoms with van der Waals surface area (Å²) in [6, 6.07) is 75.0. The highest BCUT2D eigenvalue weighted by atomic mass is 19.3. The van der Waals surface area contributed by atoms with E-state index in [0.29, 0.717) is 43.5 Å². The van der Waals surface area contributed by atoms with Crippen molar-refractivity contribution in [2.24, 2.45) is 35.5 Å². The Labute approximate surface area is 689 Å². The molecule has 0 unspecified atom stereocenters. The molecule has 0 bridgehead atoms. The van der Waals surface area contributed by atoms with Gasteiger partial charge >= 0.3 is 0 Å². The van der Waals surface area contributed by atoms with Gasteiger partial charge in [-0.2, -0.15) is 0 Å². The average Bonchev–Trinajstić information content (AvgIpc) is 0.767. The van der Waals surface area contributed by atoms with Crippen LogP contribution in [0, 0.1) is 56.3 Å². The molecule has 9 aromatic carbocycles. The zero-order valence-electron chi connectivity index (χ0n) is 67.4. The summed E-state index contributed by atoms with van der Waals surface area (Å²) < 4.78 is 175. The van der Waals surface area contributed by atoms with Crippen molar-refractivity contribution in [1.82, 2.24) is 0 Å². The minimum atomic E-state index is -3.70. The molecule has 0 amide bonds. The smallest absolute Gasteiger partial charge is 0.294 e. The van der Waals surface area contributed by atoms with E-state index in [0.717, 1.165) is 44.5 Å². The number of rotatable bonds is 27. The molecule has 8 N–H and O–H groups in total. The van der Waals surface area contributed by atoms with Crippen molar-refractivity contribution < 1.29 is 119 Å². The monoisotopic (exact) mass is 1660 g/mol. The summed E-state index contributed by atoms with van der Waals surface area (Å²) in [4.78, 5) is 0. The highest BCUT2D eigenvalue weighted by molar-refractivity contribution is 5.34. The van der Waals surface area contributed by atoms with E-state index in [1.807, 2.05) is 198 Å². The first-order chi connectivity index (χ1) is 56.9. The minimum absolute atomic E-state index is 0.101. The number of hydrogen-bond acceptors (Lipinski definition) is 17. The fraction of sp³-hybridized carbons (Fsp3) is 0.426. The maximum absolute atomic E-state index is 16.3. The summed E-state index contributed by atoms with van der Waals surface area (Å²) in [6.07, 6.45) is -21.1. The Morgan fingerprint density at radius 3 is 0.756 bits per heavy atom. The molecule has 119 heavy (non-hydrogen) atoms. The number of aliphatic hydroxyl groups is 8. The van der Waals surface area contributed by atoms with Crippen LogP contribution in [0.25, 0.3) is 0 Å². The van der Waals surface area contributed by atoms with Gasteiger partial charge in [0.15, 0.2) is 24.4 Å². The minimum Gasteiger partial charge on any atom is -0.489 e. The number of aliphatic hydroxyl groups excluding tert-OH is 8. The third-order valence-corrected chi connectivity index (χ3v) is 22.5. The zero-order chi connectivity index (χ0) is 85.8. The highest BCUT2D eigenvalue weighted by Crippen LogP contribution is 2.51. The first-order valence-corrected chi connectivity index (χ1v) is 40.0. The number of ether oxygens (including phenoxy) is 9. The summed E-state index contributed by atoms with van der Waals surface area (Å²) >= 11 is 0. The van der Waals surface area contributed by atoms with E-state index in [4.69, 9.17) is 52.8 Å². The van der Waals surface area contributed by atoms with Crippen LogP contribution < -0.4 is 23.7 Å². The number of hydrogen-bond donors (Lipinski definition) is 8. The van der Waals surface area contributed by atoms with E-state index in [9.17, 15) is 48.2 Å². The van der Waals surface area contributed by atoms with Gasteiger partial charge in [-0.3, -0.25) is 0 Å². The largest absolute Gasteiger partial charge is 0.489 e. The molecule has 13 rings (SSSR count). The van der Waals surface area contributed by atoms with Gasteiger partial charge < -0.3 is 83.5 Å². The standard InChI is InChI=1S/C36H38F2O4.C30H34F2O3.2C14H18F2O5/c1-3-32-26(2)33(40-24-28-15-9-5-10-16-28)34(41-25-29-17-11-6-12-18-29)35(36(32,37)38)42-31-21-19-30(20-22-31)39-23-27-13-7-4-8-14-27;1-4-26-22(3)27(33-19-23-11-7-5-8-12-23)28(34-20-24-13-9-6-10-14-24)29(30(26,31)32)35-25-17-15-21(2)16-18-25;2*1-7-2-4-8(5-3-7)21-13-12(20)11(19)10(18)9(6-17)14(13,15)16/h4-22,26,32-35H,3,23-25H2,1-2H3;5-18,22,26-29H,4,19-20H2,1-3H3;2*2-5,9-13,17-20H,6H2,1H3/t26-,32-,33+,34-,35-;22-,26-,27+,28-,29+;9-,10-,11+,12-,13+;9-,10-,11+,12-,13-/m1111/s1. The Kier molecular flexibility index (Phi) is 32.9. The molecule has 0 radical (unpaired) electrons. The van der Waals surface area contributed by atoms with Gasteiger partial charge in [0.2, 0.25) is 0 Å². The Balaban J connectivity index is 0.000000174. The van der Waals surface area contributed by atoms with E-state index in [1.54, 1.807) is 74.5 Å². The second-order valence-corrected chi connectivity index (χ2v) is 30.9. The molecule has 0 spiro atoms. The van der Waals surface area contributed by atoms with Crippen molar-refractivity contribution in [3.8, 4) is 28.7 Å². The van der Waals surface area contributed by atoms with Gasteiger partial charge in [0.05, 0.1) is 75.9 Å². The summed E-state index contributed by atoms with van der Waals surface area (Å²) in [5, 5.41) is 76.0. The quantitative estimate of drug-likeness (QED) is 0.0223. The van der Waals surface area contributed by atoms with Gasteiger partial charge in [-0.15, -0.1) is 0 Å². The molecule has 0 aliphatic heterocycles. The van der Waals surface area contributed by atoms with Gasteiger partial charge in [-0.1, -0.05) is 232 Å². The number of alkyl halides is 8. The lowest BCUT2D eigenvalue weighted by atomic mass is 9.71. The van der Waals surface area contributed by atoms with E-state index < -0.39 is 158 Å². The number of aryl methyl sites for hydroxylation is 3. The molecule has 0 heterocycles. The number of halogens is 8. The molecule has 4 aliphatic rings. The molecule has 20 atom stereocenters. The van der Waals surface area contributed by atoms with Crippen LogP contribution in [-0.4, -0.2) is 163 Å². The van der Waals surface area contributed by atoms with Crippen LogP contribution in [-0.2, 0) is 52.0 Å². The summed E-state index contributed by atoms with van der Waals surface area (Å²) in [6.45, 7) is 12.2. The van der Waals surface area contributed by atoms with Crippen LogP contribution in [0.2, 0.25) is 0 Å². The highest BCUT2D eigenvalue weighted by Gasteiger charge is 2.66. The Morgan fingerprint density at radius 2 is 0.496 bits per heavy atom. The van der Waals surface area contributed by atoms with Crippen molar-refractivity contribution in [3.05, 3.63) is 293 Å². The molecule has 4 aliphatic carbocycles. The van der Waals surface area contributed by atoms with E-state index in [1.165, 1.54) is 24.3 Å². The van der Waals surface area contributed by atoms with E-state index >= 15 is 17.6 Å². The maximum Gasteiger partial charge on any atom is 0.294 e. The first kappa shape index (κ1) is 92.2. The third-order valence-electron chi connectivity index (χ3n) is 22.5. The molecule has 642 valence electrons. The molecular weight excluding hydrogens is 1550 g/mol. The topological polar surface area (TPSA) is 245 Å². The maximum atomic E-state index is 16.3. The van der Waals surface area contributed by atoms with Crippen LogP contribution in [0.5, 0.6) is 28.7 Å². The first-order valence-electron chi connectivity index (χ1n) is 40.0. The van der Waals surface area contributed by atoms with Crippen molar-refractivity contribution in [2.45, 2.75) is 203 Å². The van der Waals surface area contributed by atoms with Crippen molar-refractivity contribution >= 4 is 0 Å². The molecule has 25 heteroatoms. The molecular formula is C94H108F8O17. The fourth-order valence-electron chi connectivity index (χ4n) is 15.6. The molecule has 17 nitrogen and oxygen atoms in total.